The first-order valence-electron chi connectivity index (χ1n) is 4.79. The standard InChI is InChI=1S/C12H10F2N2/c1-16(10-6-3-2-5-9(10)13)12-8-4-7-11(14)15-12/h2-8H,1H3. The summed E-state index contributed by atoms with van der Waals surface area (Å²) in [6, 6.07) is 10.7. The van der Waals surface area contributed by atoms with Crippen LogP contribution in [0.2, 0.25) is 0 Å². The van der Waals surface area contributed by atoms with Gasteiger partial charge in [-0.2, -0.15) is 4.39 Å². The van der Waals surface area contributed by atoms with E-state index in [0.717, 1.165) is 0 Å². The second kappa shape index (κ2) is 4.26. The van der Waals surface area contributed by atoms with Crippen molar-refractivity contribution >= 4 is 11.5 Å². The van der Waals surface area contributed by atoms with Gasteiger partial charge in [-0.25, -0.2) is 9.37 Å². The van der Waals surface area contributed by atoms with Crippen LogP contribution in [0.3, 0.4) is 0 Å². The third-order valence-electron chi connectivity index (χ3n) is 2.26. The molecule has 16 heavy (non-hydrogen) atoms. The van der Waals surface area contributed by atoms with Crippen molar-refractivity contribution in [1.82, 2.24) is 4.98 Å². The number of para-hydroxylation sites is 1. The third-order valence-corrected chi connectivity index (χ3v) is 2.26. The lowest BCUT2D eigenvalue weighted by Gasteiger charge is -2.18. The molecule has 0 amide bonds. The highest BCUT2D eigenvalue weighted by Crippen LogP contribution is 2.24. The van der Waals surface area contributed by atoms with E-state index in [-0.39, 0.29) is 5.82 Å². The molecule has 0 spiro atoms. The van der Waals surface area contributed by atoms with Crippen LogP contribution in [0.4, 0.5) is 20.3 Å². The Morgan fingerprint density at radius 1 is 1.00 bits per heavy atom. The molecule has 4 heteroatoms. The summed E-state index contributed by atoms with van der Waals surface area (Å²) in [5.74, 6) is -0.582. The van der Waals surface area contributed by atoms with Crippen LogP contribution in [0, 0.1) is 11.8 Å². The van der Waals surface area contributed by atoms with E-state index in [1.807, 2.05) is 0 Å². The van der Waals surface area contributed by atoms with Gasteiger partial charge in [0.05, 0.1) is 5.69 Å². The van der Waals surface area contributed by atoms with Crippen LogP contribution < -0.4 is 4.90 Å². The SMILES string of the molecule is CN(c1cccc(F)n1)c1ccccc1F. The van der Waals surface area contributed by atoms with Crippen LogP contribution in [0.25, 0.3) is 0 Å². The largest absolute Gasteiger partial charge is 0.327 e. The molecule has 2 nitrogen and oxygen atoms in total. The Morgan fingerprint density at radius 3 is 2.44 bits per heavy atom. The van der Waals surface area contributed by atoms with Gasteiger partial charge in [-0.3, -0.25) is 0 Å². The molecule has 0 saturated carbocycles. The predicted octanol–water partition coefficient (Wildman–Crippen LogP) is 3.13. The van der Waals surface area contributed by atoms with E-state index >= 15 is 0 Å². The topological polar surface area (TPSA) is 16.1 Å². The minimum Gasteiger partial charge on any atom is -0.327 e. The summed E-state index contributed by atoms with van der Waals surface area (Å²) in [5, 5.41) is 0. The Morgan fingerprint density at radius 2 is 1.75 bits per heavy atom. The Balaban J connectivity index is 2.39. The summed E-state index contributed by atoms with van der Waals surface area (Å²) in [6.07, 6.45) is 0. The fourth-order valence-corrected chi connectivity index (χ4v) is 1.43. The number of halogens is 2. The molecule has 0 bridgehead atoms. The number of pyridine rings is 1. The molecule has 0 unspecified atom stereocenters. The average Bonchev–Trinajstić information content (AvgIpc) is 2.29. The summed E-state index contributed by atoms with van der Waals surface area (Å²) in [7, 11) is 1.64. The van der Waals surface area contributed by atoms with Crippen LogP contribution in [0.5, 0.6) is 0 Å². The maximum Gasteiger partial charge on any atom is 0.214 e. The van der Waals surface area contributed by atoms with Crippen molar-refractivity contribution in [3.05, 3.63) is 54.2 Å². The molecule has 0 aliphatic heterocycles. The fourth-order valence-electron chi connectivity index (χ4n) is 1.43. The maximum absolute atomic E-state index is 13.5. The Kier molecular flexibility index (Phi) is 2.81. The molecule has 82 valence electrons. The van der Waals surface area contributed by atoms with Crippen molar-refractivity contribution < 1.29 is 8.78 Å². The Labute approximate surface area is 92.2 Å². The van der Waals surface area contributed by atoms with Crippen LogP contribution in [0.15, 0.2) is 42.5 Å². The van der Waals surface area contributed by atoms with Crippen LogP contribution in [-0.2, 0) is 0 Å². The molecule has 0 fully saturated rings. The minimum atomic E-state index is -0.583. The molecule has 0 aliphatic rings. The lowest BCUT2D eigenvalue weighted by Crippen LogP contribution is -2.13. The van der Waals surface area contributed by atoms with E-state index in [2.05, 4.69) is 4.98 Å². The molecule has 2 rings (SSSR count). The highest BCUT2D eigenvalue weighted by Gasteiger charge is 2.09. The summed E-state index contributed by atoms with van der Waals surface area (Å²) >= 11 is 0. The van der Waals surface area contributed by atoms with Gasteiger partial charge in [-0.15, -0.1) is 0 Å². The number of aromatic nitrogens is 1. The van der Waals surface area contributed by atoms with E-state index in [1.165, 1.54) is 23.1 Å². The van der Waals surface area contributed by atoms with Gasteiger partial charge >= 0.3 is 0 Å². The van der Waals surface area contributed by atoms with Gasteiger partial charge in [-0.05, 0) is 24.3 Å². The van der Waals surface area contributed by atoms with Crippen LogP contribution in [0.1, 0.15) is 0 Å². The minimum absolute atomic E-state index is 0.362. The number of benzene rings is 1. The zero-order valence-electron chi connectivity index (χ0n) is 8.69. The molecular weight excluding hydrogens is 210 g/mol. The Hall–Kier alpha value is -1.97. The fraction of sp³-hybridized carbons (Fsp3) is 0.0833. The first-order chi connectivity index (χ1) is 7.68. The van der Waals surface area contributed by atoms with E-state index in [1.54, 1.807) is 31.3 Å². The first kappa shape index (κ1) is 10.5. The third kappa shape index (κ3) is 2.00. The molecule has 0 saturated heterocycles. The lowest BCUT2D eigenvalue weighted by atomic mass is 10.3. The number of anilines is 2. The normalized spacial score (nSPS) is 10.2. The van der Waals surface area contributed by atoms with Crippen molar-refractivity contribution in [2.45, 2.75) is 0 Å². The van der Waals surface area contributed by atoms with Crippen molar-refractivity contribution in [3.63, 3.8) is 0 Å². The van der Waals surface area contributed by atoms with E-state index in [4.69, 9.17) is 0 Å². The number of nitrogens with zero attached hydrogens (tertiary/aromatic N) is 2. The molecule has 0 radical (unpaired) electrons. The van der Waals surface area contributed by atoms with Gasteiger partial charge in [0, 0.05) is 7.05 Å². The monoisotopic (exact) mass is 220 g/mol. The number of hydrogen-bond acceptors (Lipinski definition) is 2. The van der Waals surface area contributed by atoms with Crippen LogP contribution >= 0.6 is 0 Å². The molecular formula is C12H10F2N2. The summed E-state index contributed by atoms with van der Waals surface area (Å²) in [5.41, 5.74) is 0.362. The summed E-state index contributed by atoms with van der Waals surface area (Å²) in [6.45, 7) is 0. The lowest BCUT2D eigenvalue weighted by molar-refractivity contribution is 0.583. The highest BCUT2D eigenvalue weighted by atomic mass is 19.1. The number of hydrogen-bond donors (Lipinski definition) is 0. The van der Waals surface area contributed by atoms with Gasteiger partial charge < -0.3 is 4.90 Å². The van der Waals surface area contributed by atoms with Gasteiger partial charge in [0.2, 0.25) is 5.95 Å². The quantitative estimate of drug-likeness (QED) is 0.723. The van der Waals surface area contributed by atoms with Gasteiger partial charge in [0.1, 0.15) is 11.6 Å². The summed E-state index contributed by atoms with van der Waals surface area (Å²) < 4.78 is 26.4. The van der Waals surface area contributed by atoms with Crippen LogP contribution in [-0.4, -0.2) is 12.0 Å². The average molecular weight is 220 g/mol. The highest BCUT2D eigenvalue weighted by molar-refractivity contribution is 5.59. The molecule has 1 aromatic carbocycles. The zero-order valence-corrected chi connectivity index (χ0v) is 8.69. The van der Waals surface area contributed by atoms with Crippen molar-refractivity contribution in [2.24, 2.45) is 0 Å². The molecule has 2 aromatic rings. The molecule has 0 N–H and O–H groups in total. The van der Waals surface area contributed by atoms with E-state index < -0.39 is 5.95 Å². The molecule has 1 heterocycles. The Bertz CT molecular complexity index is 500. The van der Waals surface area contributed by atoms with E-state index in [9.17, 15) is 8.78 Å². The smallest absolute Gasteiger partial charge is 0.214 e. The van der Waals surface area contributed by atoms with E-state index in [0.29, 0.717) is 11.5 Å². The molecule has 1 aromatic heterocycles. The van der Waals surface area contributed by atoms with Gasteiger partial charge in [-0.1, -0.05) is 18.2 Å². The van der Waals surface area contributed by atoms with Gasteiger partial charge in [0.15, 0.2) is 0 Å². The van der Waals surface area contributed by atoms with Crippen molar-refractivity contribution in [3.8, 4) is 0 Å². The number of rotatable bonds is 2. The maximum atomic E-state index is 13.5. The van der Waals surface area contributed by atoms with Crippen molar-refractivity contribution in [2.75, 3.05) is 11.9 Å². The predicted molar refractivity (Wildman–Crippen MR) is 58.7 cm³/mol. The zero-order chi connectivity index (χ0) is 11.5. The second-order valence-corrected chi connectivity index (χ2v) is 3.33. The van der Waals surface area contributed by atoms with Gasteiger partial charge in [0.25, 0.3) is 0 Å². The second-order valence-electron chi connectivity index (χ2n) is 3.33. The first-order valence-corrected chi connectivity index (χ1v) is 4.79. The summed E-state index contributed by atoms with van der Waals surface area (Å²) in [4.78, 5) is 5.18. The van der Waals surface area contributed by atoms with Crippen molar-refractivity contribution in [1.29, 1.82) is 0 Å². The molecule has 0 aliphatic carbocycles. The molecule has 0 atom stereocenters.